The quantitative estimate of drug-likeness (QED) is 0.449. The highest BCUT2D eigenvalue weighted by atomic mass is 19.1. The maximum atomic E-state index is 13.9. The van der Waals surface area contributed by atoms with E-state index in [4.69, 9.17) is 4.74 Å². The van der Waals surface area contributed by atoms with Gasteiger partial charge in [-0.25, -0.2) is 4.39 Å². The Morgan fingerprint density at radius 2 is 2.33 bits per heavy atom. The normalized spacial score (nSPS) is 10.8. The number of methoxy groups -OCH3 is 1. The smallest absolute Gasteiger partial charge is 0.272 e. The second kappa shape index (κ2) is 6.81. The summed E-state index contributed by atoms with van der Waals surface area (Å²) < 4.78 is 20.0. The lowest BCUT2D eigenvalue weighted by Gasteiger charge is -2.06. The van der Waals surface area contributed by atoms with Gasteiger partial charge in [-0.3, -0.25) is 10.1 Å². The number of nitrogens with zero attached hydrogens (tertiary/aromatic N) is 5. The number of benzene rings is 1. The fourth-order valence-corrected chi connectivity index (χ4v) is 1.66. The molecule has 1 aromatic heterocycles. The molecule has 0 saturated heterocycles. The third-order valence-electron chi connectivity index (χ3n) is 2.67. The summed E-state index contributed by atoms with van der Waals surface area (Å²) >= 11 is 0. The lowest BCUT2D eigenvalue weighted by molar-refractivity contribution is -0.385. The zero-order valence-corrected chi connectivity index (χ0v) is 11.2. The summed E-state index contributed by atoms with van der Waals surface area (Å²) in [4.78, 5) is 9.92. The second-order valence-electron chi connectivity index (χ2n) is 4.07. The van der Waals surface area contributed by atoms with Crippen LogP contribution in [0.4, 0.5) is 10.1 Å². The second-order valence-corrected chi connectivity index (χ2v) is 4.07. The summed E-state index contributed by atoms with van der Waals surface area (Å²) in [7, 11) is 1.58. The predicted octanol–water partition coefficient (Wildman–Crippen LogP) is 0.446. The van der Waals surface area contributed by atoms with Gasteiger partial charge in [-0.05, 0) is 16.5 Å². The number of non-ortho nitro benzene ring substituents is 1. The summed E-state index contributed by atoms with van der Waals surface area (Å²) in [5.41, 5.74) is -0.279. The molecule has 10 heteroatoms. The highest BCUT2D eigenvalue weighted by molar-refractivity contribution is 5.42. The van der Waals surface area contributed by atoms with E-state index in [2.05, 4.69) is 20.8 Å². The SMILES string of the molecule is COCCNCc1nnnn1-c1ccc([N+](=O)[O-])cc1F. The van der Waals surface area contributed by atoms with Crippen LogP contribution >= 0.6 is 0 Å². The Hall–Kier alpha value is -2.46. The molecule has 0 amide bonds. The molecule has 1 N–H and O–H groups in total. The molecule has 112 valence electrons. The van der Waals surface area contributed by atoms with Crippen molar-refractivity contribution < 1.29 is 14.1 Å². The Labute approximate surface area is 118 Å². The van der Waals surface area contributed by atoms with E-state index in [1.54, 1.807) is 7.11 Å². The maximum Gasteiger partial charge on any atom is 0.272 e. The Morgan fingerprint density at radius 1 is 1.52 bits per heavy atom. The van der Waals surface area contributed by atoms with Gasteiger partial charge in [-0.2, -0.15) is 4.68 Å². The Morgan fingerprint density at radius 3 is 3.00 bits per heavy atom. The average Bonchev–Trinajstić information content (AvgIpc) is 2.91. The number of nitrogens with one attached hydrogen (secondary N) is 1. The van der Waals surface area contributed by atoms with Gasteiger partial charge >= 0.3 is 0 Å². The molecule has 2 rings (SSSR count). The van der Waals surface area contributed by atoms with Crippen LogP contribution in [0, 0.1) is 15.9 Å². The molecule has 0 bridgehead atoms. The predicted molar refractivity (Wildman–Crippen MR) is 69.3 cm³/mol. The van der Waals surface area contributed by atoms with E-state index >= 15 is 0 Å². The van der Waals surface area contributed by atoms with E-state index in [1.165, 1.54) is 16.8 Å². The van der Waals surface area contributed by atoms with Crippen LogP contribution in [-0.2, 0) is 11.3 Å². The first-order chi connectivity index (χ1) is 10.1. The van der Waals surface area contributed by atoms with E-state index in [0.29, 0.717) is 25.5 Å². The van der Waals surface area contributed by atoms with Gasteiger partial charge in [0.15, 0.2) is 11.6 Å². The van der Waals surface area contributed by atoms with Gasteiger partial charge in [0.2, 0.25) is 0 Å². The first-order valence-electron chi connectivity index (χ1n) is 6.04. The van der Waals surface area contributed by atoms with Gasteiger partial charge in [0, 0.05) is 19.7 Å². The molecule has 21 heavy (non-hydrogen) atoms. The molecule has 2 aromatic rings. The molecular weight excluding hydrogens is 283 g/mol. The van der Waals surface area contributed by atoms with Crippen molar-refractivity contribution in [3.8, 4) is 5.69 Å². The van der Waals surface area contributed by atoms with Gasteiger partial charge in [0.1, 0.15) is 5.69 Å². The van der Waals surface area contributed by atoms with Gasteiger partial charge in [0.05, 0.1) is 24.1 Å². The van der Waals surface area contributed by atoms with Crippen LogP contribution < -0.4 is 5.32 Å². The molecule has 0 spiro atoms. The molecule has 0 aliphatic carbocycles. The molecule has 0 aliphatic heterocycles. The molecule has 0 fully saturated rings. The van der Waals surface area contributed by atoms with Crippen molar-refractivity contribution in [3.63, 3.8) is 0 Å². The van der Waals surface area contributed by atoms with E-state index < -0.39 is 10.7 Å². The standard InChI is InChI=1S/C11H13FN6O3/c1-21-5-4-13-7-11-14-15-16-17(11)10-3-2-8(18(19)20)6-9(10)12/h2-3,6,13H,4-5,7H2,1H3. The topological polar surface area (TPSA) is 108 Å². The minimum atomic E-state index is -0.769. The van der Waals surface area contributed by atoms with Crippen molar-refractivity contribution in [2.24, 2.45) is 0 Å². The Balaban J connectivity index is 2.19. The number of ether oxygens (including phenoxy) is 1. The van der Waals surface area contributed by atoms with Gasteiger partial charge < -0.3 is 10.1 Å². The number of hydrogen-bond donors (Lipinski definition) is 1. The van der Waals surface area contributed by atoms with Crippen molar-refractivity contribution in [1.82, 2.24) is 25.5 Å². The molecule has 0 radical (unpaired) electrons. The molecule has 9 nitrogen and oxygen atoms in total. The molecule has 1 heterocycles. The zero-order valence-electron chi connectivity index (χ0n) is 11.2. The number of nitro benzene ring substituents is 1. The highest BCUT2D eigenvalue weighted by Gasteiger charge is 2.15. The first-order valence-corrected chi connectivity index (χ1v) is 6.04. The molecular formula is C11H13FN6O3. The Bertz CT molecular complexity index is 632. The van der Waals surface area contributed by atoms with Crippen molar-refractivity contribution in [2.45, 2.75) is 6.54 Å². The lowest BCUT2D eigenvalue weighted by Crippen LogP contribution is -2.21. The monoisotopic (exact) mass is 296 g/mol. The minimum Gasteiger partial charge on any atom is -0.383 e. The van der Waals surface area contributed by atoms with Crippen LogP contribution in [0.2, 0.25) is 0 Å². The largest absolute Gasteiger partial charge is 0.383 e. The molecule has 1 aromatic carbocycles. The van der Waals surface area contributed by atoms with Gasteiger partial charge in [-0.15, -0.1) is 5.10 Å². The van der Waals surface area contributed by atoms with Crippen LogP contribution in [-0.4, -0.2) is 45.4 Å². The number of halogens is 1. The summed E-state index contributed by atoms with van der Waals surface area (Å²) in [6.07, 6.45) is 0. The third kappa shape index (κ3) is 3.55. The molecule has 0 saturated carbocycles. The van der Waals surface area contributed by atoms with Crippen LogP contribution in [0.1, 0.15) is 5.82 Å². The number of nitro groups is 1. The van der Waals surface area contributed by atoms with E-state index in [1.807, 2.05) is 0 Å². The van der Waals surface area contributed by atoms with Gasteiger partial charge in [-0.1, -0.05) is 0 Å². The van der Waals surface area contributed by atoms with Crippen molar-refractivity contribution in [2.75, 3.05) is 20.3 Å². The number of rotatable bonds is 7. The minimum absolute atomic E-state index is 0.0501. The molecule has 0 aliphatic rings. The summed E-state index contributed by atoms with van der Waals surface area (Å²) in [6, 6.07) is 3.30. The van der Waals surface area contributed by atoms with Crippen LogP contribution in [0.15, 0.2) is 18.2 Å². The third-order valence-corrected chi connectivity index (χ3v) is 2.67. The van der Waals surface area contributed by atoms with Crippen molar-refractivity contribution >= 4 is 5.69 Å². The first kappa shape index (κ1) is 14.9. The summed E-state index contributed by atoms with van der Waals surface area (Å²) in [5, 5.41) is 24.6. The lowest BCUT2D eigenvalue weighted by atomic mass is 10.2. The van der Waals surface area contributed by atoms with E-state index in [9.17, 15) is 14.5 Å². The zero-order chi connectivity index (χ0) is 15.2. The number of hydrogen-bond acceptors (Lipinski definition) is 7. The summed E-state index contributed by atoms with van der Waals surface area (Å²) in [5.74, 6) is -0.381. The number of tetrazole rings is 1. The van der Waals surface area contributed by atoms with Crippen molar-refractivity contribution in [3.05, 3.63) is 40.0 Å². The van der Waals surface area contributed by atoms with Gasteiger partial charge in [0.25, 0.3) is 5.69 Å². The Kier molecular flexibility index (Phi) is 4.85. The molecule has 0 unspecified atom stereocenters. The van der Waals surface area contributed by atoms with Crippen molar-refractivity contribution in [1.29, 1.82) is 0 Å². The maximum absolute atomic E-state index is 13.9. The molecule has 0 atom stereocenters. The fourth-order valence-electron chi connectivity index (χ4n) is 1.66. The fraction of sp³-hybridized carbons (Fsp3) is 0.364. The number of aromatic nitrogens is 4. The average molecular weight is 296 g/mol. The highest BCUT2D eigenvalue weighted by Crippen LogP contribution is 2.19. The van der Waals surface area contributed by atoms with E-state index in [-0.39, 0.29) is 11.4 Å². The van der Waals surface area contributed by atoms with Crippen LogP contribution in [0.5, 0.6) is 0 Å². The summed E-state index contributed by atoms with van der Waals surface area (Å²) in [6.45, 7) is 1.42. The van der Waals surface area contributed by atoms with Crippen LogP contribution in [0.25, 0.3) is 5.69 Å². The van der Waals surface area contributed by atoms with E-state index in [0.717, 1.165) is 6.07 Å². The van der Waals surface area contributed by atoms with Crippen LogP contribution in [0.3, 0.4) is 0 Å².